The van der Waals surface area contributed by atoms with Gasteiger partial charge in [-0.05, 0) is 62.1 Å². The molecule has 0 atom stereocenters. The Hall–Kier alpha value is -2.15. The zero-order chi connectivity index (χ0) is 19.6. The number of halogens is 1. The first-order valence-corrected chi connectivity index (χ1v) is 11.3. The first kappa shape index (κ1) is 19.2. The van der Waals surface area contributed by atoms with Gasteiger partial charge in [0.2, 0.25) is 10.0 Å². The Bertz CT molecular complexity index is 1070. The third kappa shape index (κ3) is 4.29. The number of nitrogens with one attached hydrogen (secondary N) is 2. The molecule has 146 valence electrons. The molecule has 1 aliphatic carbocycles. The van der Waals surface area contributed by atoms with Crippen LogP contribution in [0.2, 0.25) is 5.02 Å². The molecule has 5 nitrogen and oxygen atoms in total. The smallest absolute Gasteiger partial charge is 0.240 e. The number of benzene rings is 2. The van der Waals surface area contributed by atoms with E-state index in [1.54, 1.807) is 30.5 Å². The van der Waals surface area contributed by atoms with Crippen LogP contribution in [-0.4, -0.2) is 25.5 Å². The van der Waals surface area contributed by atoms with Crippen molar-refractivity contribution in [3.05, 3.63) is 65.8 Å². The summed E-state index contributed by atoms with van der Waals surface area (Å²) >= 11 is 6.06. The minimum Gasteiger partial charge on any atom is -0.382 e. The van der Waals surface area contributed by atoms with Crippen LogP contribution in [-0.2, 0) is 10.0 Å². The van der Waals surface area contributed by atoms with E-state index in [2.05, 4.69) is 15.0 Å². The maximum absolute atomic E-state index is 12.5. The number of rotatable bonds is 5. The number of sulfonamides is 1. The van der Waals surface area contributed by atoms with Crippen LogP contribution in [0.3, 0.4) is 0 Å². The average Bonchev–Trinajstić information content (AvgIpc) is 2.70. The molecule has 0 saturated heterocycles. The second kappa shape index (κ2) is 8.07. The second-order valence-corrected chi connectivity index (χ2v) is 9.30. The molecule has 1 saturated carbocycles. The van der Waals surface area contributed by atoms with Crippen molar-refractivity contribution >= 4 is 38.2 Å². The number of aromatic nitrogens is 1. The summed E-state index contributed by atoms with van der Waals surface area (Å²) in [7, 11) is -3.46. The van der Waals surface area contributed by atoms with Gasteiger partial charge >= 0.3 is 0 Å². The van der Waals surface area contributed by atoms with Gasteiger partial charge in [0, 0.05) is 34.4 Å². The summed E-state index contributed by atoms with van der Waals surface area (Å²) in [6, 6.07) is 16.5. The summed E-state index contributed by atoms with van der Waals surface area (Å²) < 4.78 is 27.9. The number of pyridine rings is 1. The van der Waals surface area contributed by atoms with Crippen molar-refractivity contribution in [1.82, 2.24) is 9.71 Å². The molecule has 2 aromatic carbocycles. The fraction of sp³-hybridized carbons (Fsp3) is 0.286. The number of fused-ring (bicyclic) bond motifs is 1. The molecular formula is C21H22ClN3O2S. The number of hydrogen-bond acceptors (Lipinski definition) is 4. The highest BCUT2D eigenvalue weighted by atomic mass is 35.5. The van der Waals surface area contributed by atoms with Crippen LogP contribution in [0.4, 0.5) is 5.69 Å². The lowest BCUT2D eigenvalue weighted by molar-refractivity contribution is 0.387. The lowest BCUT2D eigenvalue weighted by atomic mass is 9.91. The molecule has 0 bridgehead atoms. The molecule has 1 heterocycles. The van der Waals surface area contributed by atoms with Crippen molar-refractivity contribution < 1.29 is 8.42 Å². The summed E-state index contributed by atoms with van der Waals surface area (Å²) in [5, 5.41) is 5.31. The lowest BCUT2D eigenvalue weighted by Gasteiger charge is -2.30. The molecule has 1 aliphatic rings. The van der Waals surface area contributed by atoms with Crippen LogP contribution in [0, 0.1) is 0 Å². The second-order valence-electron chi connectivity index (χ2n) is 7.15. The Morgan fingerprint density at radius 2 is 1.64 bits per heavy atom. The van der Waals surface area contributed by atoms with Gasteiger partial charge in [-0.3, -0.25) is 4.98 Å². The van der Waals surface area contributed by atoms with Gasteiger partial charge in [-0.1, -0.05) is 29.8 Å². The molecule has 3 aromatic rings. The van der Waals surface area contributed by atoms with Gasteiger partial charge in [0.15, 0.2) is 0 Å². The average molecular weight is 416 g/mol. The first-order chi connectivity index (χ1) is 13.5. The molecule has 0 unspecified atom stereocenters. The highest BCUT2D eigenvalue weighted by molar-refractivity contribution is 7.89. The fourth-order valence-electron chi connectivity index (χ4n) is 3.71. The van der Waals surface area contributed by atoms with Crippen LogP contribution >= 0.6 is 11.6 Å². The molecule has 0 amide bonds. The number of anilines is 1. The van der Waals surface area contributed by atoms with Gasteiger partial charge in [0.05, 0.1) is 10.4 Å². The van der Waals surface area contributed by atoms with Gasteiger partial charge in [-0.25, -0.2) is 13.1 Å². The van der Waals surface area contributed by atoms with Crippen molar-refractivity contribution in [3.8, 4) is 0 Å². The van der Waals surface area contributed by atoms with E-state index in [9.17, 15) is 8.42 Å². The predicted molar refractivity (Wildman–Crippen MR) is 113 cm³/mol. The van der Waals surface area contributed by atoms with Crippen LogP contribution in [0.25, 0.3) is 10.9 Å². The van der Waals surface area contributed by atoms with E-state index in [0.717, 1.165) is 42.3 Å². The van der Waals surface area contributed by atoms with Crippen molar-refractivity contribution in [3.63, 3.8) is 0 Å². The SMILES string of the molecule is O=S(=O)(N[C@H]1CC[C@@H](Nc2ccnc3cc(Cl)ccc23)CC1)c1ccccc1. The zero-order valence-corrected chi connectivity index (χ0v) is 16.9. The van der Waals surface area contributed by atoms with E-state index >= 15 is 0 Å². The Morgan fingerprint density at radius 3 is 2.39 bits per heavy atom. The van der Waals surface area contributed by atoms with E-state index < -0.39 is 10.0 Å². The zero-order valence-electron chi connectivity index (χ0n) is 15.3. The van der Waals surface area contributed by atoms with Crippen LogP contribution in [0.15, 0.2) is 65.7 Å². The van der Waals surface area contributed by atoms with E-state index in [0.29, 0.717) is 16.0 Å². The molecule has 1 aromatic heterocycles. The lowest BCUT2D eigenvalue weighted by Crippen LogP contribution is -2.40. The van der Waals surface area contributed by atoms with Gasteiger partial charge < -0.3 is 5.32 Å². The quantitative estimate of drug-likeness (QED) is 0.639. The molecule has 4 rings (SSSR count). The normalized spacial score (nSPS) is 20.2. The van der Waals surface area contributed by atoms with E-state index in [-0.39, 0.29) is 6.04 Å². The molecule has 2 N–H and O–H groups in total. The summed E-state index contributed by atoms with van der Waals surface area (Å²) in [4.78, 5) is 4.69. The van der Waals surface area contributed by atoms with Gasteiger partial charge in [-0.2, -0.15) is 0 Å². The third-order valence-corrected chi connectivity index (χ3v) is 6.94. The summed E-state index contributed by atoms with van der Waals surface area (Å²) in [6.45, 7) is 0. The third-order valence-electron chi connectivity index (χ3n) is 5.17. The standard InChI is InChI=1S/C21H22ClN3O2S/c22-15-6-11-19-20(12-13-23-21(19)14-15)24-16-7-9-17(10-8-16)25-28(26,27)18-4-2-1-3-5-18/h1-6,11-14,16-17,25H,7-10H2,(H,23,24)/t16-,17+. The highest BCUT2D eigenvalue weighted by Crippen LogP contribution is 2.28. The summed E-state index contributed by atoms with van der Waals surface area (Å²) in [5.74, 6) is 0. The predicted octanol–water partition coefficient (Wildman–Crippen LogP) is 4.59. The maximum atomic E-state index is 12.5. The first-order valence-electron chi connectivity index (χ1n) is 9.39. The largest absolute Gasteiger partial charge is 0.382 e. The van der Waals surface area contributed by atoms with Gasteiger partial charge in [-0.15, -0.1) is 0 Å². The Morgan fingerprint density at radius 1 is 0.929 bits per heavy atom. The minimum absolute atomic E-state index is 0.0313. The van der Waals surface area contributed by atoms with Crippen LogP contribution in [0.5, 0.6) is 0 Å². The van der Waals surface area contributed by atoms with Gasteiger partial charge in [0.1, 0.15) is 0 Å². The molecular weight excluding hydrogens is 394 g/mol. The molecule has 7 heteroatoms. The van der Waals surface area contributed by atoms with Crippen LogP contribution < -0.4 is 10.0 Å². The summed E-state index contributed by atoms with van der Waals surface area (Å²) in [5.41, 5.74) is 1.90. The van der Waals surface area contributed by atoms with Crippen molar-refractivity contribution in [2.45, 2.75) is 42.7 Å². The Labute approximate surface area is 170 Å². The Kier molecular flexibility index (Phi) is 5.53. The molecule has 28 heavy (non-hydrogen) atoms. The topological polar surface area (TPSA) is 71.1 Å². The van der Waals surface area contributed by atoms with Gasteiger partial charge in [0.25, 0.3) is 0 Å². The highest BCUT2D eigenvalue weighted by Gasteiger charge is 2.25. The van der Waals surface area contributed by atoms with E-state index in [1.165, 1.54) is 0 Å². The number of nitrogens with zero attached hydrogens (tertiary/aromatic N) is 1. The van der Waals surface area contributed by atoms with E-state index in [1.807, 2.05) is 30.3 Å². The van der Waals surface area contributed by atoms with Crippen molar-refractivity contribution in [2.24, 2.45) is 0 Å². The fourth-order valence-corrected chi connectivity index (χ4v) is 5.20. The molecule has 0 spiro atoms. The molecule has 1 fully saturated rings. The summed E-state index contributed by atoms with van der Waals surface area (Å²) in [6.07, 6.45) is 5.19. The Balaban J connectivity index is 1.39. The van der Waals surface area contributed by atoms with Crippen molar-refractivity contribution in [1.29, 1.82) is 0 Å². The molecule has 0 radical (unpaired) electrons. The van der Waals surface area contributed by atoms with Crippen LogP contribution in [0.1, 0.15) is 25.7 Å². The maximum Gasteiger partial charge on any atom is 0.240 e. The van der Waals surface area contributed by atoms with Crippen molar-refractivity contribution in [2.75, 3.05) is 5.32 Å². The van der Waals surface area contributed by atoms with E-state index in [4.69, 9.17) is 11.6 Å². The molecule has 0 aliphatic heterocycles. The number of hydrogen-bond donors (Lipinski definition) is 2. The monoisotopic (exact) mass is 415 g/mol. The minimum atomic E-state index is -3.46.